The zero-order chi connectivity index (χ0) is 9.68. The number of hydrogen-bond donors (Lipinski definition) is 1. The van der Waals surface area contributed by atoms with Gasteiger partial charge in [-0.2, -0.15) is 0 Å². The van der Waals surface area contributed by atoms with Crippen molar-refractivity contribution in [3.63, 3.8) is 0 Å². The van der Waals surface area contributed by atoms with E-state index in [-0.39, 0.29) is 12.0 Å². The summed E-state index contributed by atoms with van der Waals surface area (Å²) in [6, 6.07) is 0. The SMILES string of the molecule is CC(C)=CCNC(=O)[C@@H]1CCCO1. The van der Waals surface area contributed by atoms with E-state index in [0.717, 1.165) is 19.4 Å². The summed E-state index contributed by atoms with van der Waals surface area (Å²) < 4.78 is 5.24. The Hall–Kier alpha value is -0.830. The zero-order valence-electron chi connectivity index (χ0n) is 8.30. The van der Waals surface area contributed by atoms with Crippen LogP contribution in [0.15, 0.2) is 11.6 Å². The molecule has 1 aliphatic heterocycles. The van der Waals surface area contributed by atoms with Gasteiger partial charge >= 0.3 is 0 Å². The second kappa shape index (κ2) is 5.02. The summed E-state index contributed by atoms with van der Waals surface area (Å²) >= 11 is 0. The molecular weight excluding hydrogens is 166 g/mol. The number of hydrogen-bond acceptors (Lipinski definition) is 2. The fourth-order valence-corrected chi connectivity index (χ4v) is 1.25. The predicted octanol–water partition coefficient (Wildman–Crippen LogP) is 1.25. The van der Waals surface area contributed by atoms with Gasteiger partial charge < -0.3 is 10.1 Å². The molecule has 0 aromatic carbocycles. The van der Waals surface area contributed by atoms with E-state index in [1.54, 1.807) is 0 Å². The highest BCUT2D eigenvalue weighted by Gasteiger charge is 2.22. The molecule has 74 valence electrons. The minimum atomic E-state index is -0.203. The van der Waals surface area contributed by atoms with Crippen LogP contribution in [0.4, 0.5) is 0 Å². The lowest BCUT2D eigenvalue weighted by Crippen LogP contribution is -2.34. The molecule has 0 bridgehead atoms. The van der Waals surface area contributed by atoms with Gasteiger partial charge in [0.1, 0.15) is 6.10 Å². The maximum absolute atomic E-state index is 11.4. The smallest absolute Gasteiger partial charge is 0.249 e. The van der Waals surface area contributed by atoms with E-state index in [2.05, 4.69) is 5.32 Å². The minimum Gasteiger partial charge on any atom is -0.368 e. The van der Waals surface area contributed by atoms with Crippen molar-refractivity contribution in [2.24, 2.45) is 0 Å². The standard InChI is InChI=1S/C10H17NO2/c1-8(2)5-6-11-10(12)9-4-3-7-13-9/h5,9H,3-4,6-7H2,1-2H3,(H,11,12)/t9-/m0/s1. The average Bonchev–Trinajstić information content (AvgIpc) is 2.55. The molecule has 0 saturated carbocycles. The van der Waals surface area contributed by atoms with Crippen molar-refractivity contribution >= 4 is 5.91 Å². The lowest BCUT2D eigenvalue weighted by Gasteiger charge is -2.08. The molecule has 0 spiro atoms. The third-order valence-corrected chi connectivity index (χ3v) is 2.01. The van der Waals surface area contributed by atoms with Crippen LogP contribution in [0.3, 0.4) is 0 Å². The van der Waals surface area contributed by atoms with Crippen LogP contribution in [0.2, 0.25) is 0 Å². The Balaban J connectivity index is 2.21. The predicted molar refractivity (Wildman–Crippen MR) is 51.4 cm³/mol. The van der Waals surface area contributed by atoms with E-state index in [4.69, 9.17) is 4.74 Å². The summed E-state index contributed by atoms with van der Waals surface area (Å²) in [4.78, 5) is 11.4. The molecule has 1 fully saturated rings. The van der Waals surface area contributed by atoms with Crippen LogP contribution in [0, 0.1) is 0 Å². The van der Waals surface area contributed by atoms with Gasteiger partial charge in [-0.25, -0.2) is 0 Å². The van der Waals surface area contributed by atoms with Gasteiger partial charge in [-0.1, -0.05) is 11.6 Å². The topological polar surface area (TPSA) is 38.3 Å². The molecule has 1 rings (SSSR count). The molecule has 13 heavy (non-hydrogen) atoms. The molecule has 1 saturated heterocycles. The molecule has 0 unspecified atom stereocenters. The quantitative estimate of drug-likeness (QED) is 0.669. The Morgan fingerprint density at radius 1 is 1.62 bits per heavy atom. The maximum Gasteiger partial charge on any atom is 0.249 e. The van der Waals surface area contributed by atoms with Crippen LogP contribution in [0.5, 0.6) is 0 Å². The first-order valence-corrected chi connectivity index (χ1v) is 4.73. The fraction of sp³-hybridized carbons (Fsp3) is 0.700. The van der Waals surface area contributed by atoms with Crippen molar-refractivity contribution in [3.8, 4) is 0 Å². The lowest BCUT2D eigenvalue weighted by molar-refractivity contribution is -0.129. The van der Waals surface area contributed by atoms with Gasteiger partial charge in [-0.15, -0.1) is 0 Å². The van der Waals surface area contributed by atoms with E-state index in [1.807, 2.05) is 19.9 Å². The van der Waals surface area contributed by atoms with Crippen molar-refractivity contribution in [2.45, 2.75) is 32.8 Å². The molecule has 3 nitrogen and oxygen atoms in total. The molecule has 1 atom stereocenters. The Labute approximate surface area is 79.2 Å². The van der Waals surface area contributed by atoms with Gasteiger partial charge in [0.15, 0.2) is 0 Å². The number of carbonyl (C=O) groups is 1. The van der Waals surface area contributed by atoms with E-state index < -0.39 is 0 Å². The first kappa shape index (κ1) is 10.3. The molecule has 1 aliphatic rings. The van der Waals surface area contributed by atoms with Crippen molar-refractivity contribution in [1.29, 1.82) is 0 Å². The van der Waals surface area contributed by atoms with Crippen LogP contribution >= 0.6 is 0 Å². The summed E-state index contributed by atoms with van der Waals surface area (Å²) in [5.41, 5.74) is 1.22. The van der Waals surface area contributed by atoms with Gasteiger partial charge in [0.05, 0.1) is 0 Å². The summed E-state index contributed by atoms with van der Waals surface area (Å²) in [5.74, 6) is 0.0231. The molecule has 1 N–H and O–H groups in total. The number of ether oxygens (including phenoxy) is 1. The average molecular weight is 183 g/mol. The van der Waals surface area contributed by atoms with Crippen LogP contribution in [0.1, 0.15) is 26.7 Å². The van der Waals surface area contributed by atoms with Gasteiger partial charge in [0.2, 0.25) is 5.91 Å². The normalized spacial score (nSPS) is 21.2. The first-order chi connectivity index (χ1) is 6.20. The van der Waals surface area contributed by atoms with Crippen LogP contribution in [-0.2, 0) is 9.53 Å². The van der Waals surface area contributed by atoms with Crippen molar-refractivity contribution in [3.05, 3.63) is 11.6 Å². The lowest BCUT2D eigenvalue weighted by atomic mass is 10.2. The number of nitrogens with one attached hydrogen (secondary N) is 1. The highest BCUT2D eigenvalue weighted by molar-refractivity contribution is 5.81. The largest absolute Gasteiger partial charge is 0.368 e. The molecule has 1 heterocycles. The summed E-state index contributed by atoms with van der Waals surface area (Å²) in [5, 5.41) is 2.82. The second-order valence-electron chi connectivity index (χ2n) is 3.53. The summed E-state index contributed by atoms with van der Waals surface area (Å²) in [7, 11) is 0. The molecule has 3 heteroatoms. The molecular formula is C10H17NO2. The number of allylic oxidation sites excluding steroid dienone is 1. The zero-order valence-corrected chi connectivity index (χ0v) is 8.30. The van der Waals surface area contributed by atoms with Gasteiger partial charge in [-0.3, -0.25) is 4.79 Å². The Kier molecular flexibility index (Phi) is 3.96. The van der Waals surface area contributed by atoms with Crippen molar-refractivity contribution in [2.75, 3.05) is 13.2 Å². The molecule has 0 radical (unpaired) electrons. The van der Waals surface area contributed by atoms with E-state index >= 15 is 0 Å². The Morgan fingerprint density at radius 3 is 2.92 bits per heavy atom. The van der Waals surface area contributed by atoms with Crippen LogP contribution in [0.25, 0.3) is 0 Å². The maximum atomic E-state index is 11.4. The number of amides is 1. The summed E-state index contributed by atoms with van der Waals surface area (Å²) in [6.07, 6.45) is 3.65. The van der Waals surface area contributed by atoms with Crippen molar-refractivity contribution in [1.82, 2.24) is 5.32 Å². The number of rotatable bonds is 3. The molecule has 1 amide bonds. The van der Waals surface area contributed by atoms with Crippen LogP contribution in [-0.4, -0.2) is 25.2 Å². The molecule has 0 aliphatic carbocycles. The number of carbonyl (C=O) groups excluding carboxylic acids is 1. The van der Waals surface area contributed by atoms with Gasteiger partial charge in [-0.05, 0) is 26.7 Å². The van der Waals surface area contributed by atoms with E-state index in [1.165, 1.54) is 5.57 Å². The molecule has 0 aromatic rings. The van der Waals surface area contributed by atoms with E-state index in [9.17, 15) is 4.79 Å². The van der Waals surface area contributed by atoms with Crippen molar-refractivity contribution < 1.29 is 9.53 Å². The fourth-order valence-electron chi connectivity index (χ4n) is 1.25. The first-order valence-electron chi connectivity index (χ1n) is 4.73. The third kappa shape index (κ3) is 3.59. The van der Waals surface area contributed by atoms with Gasteiger partial charge in [0.25, 0.3) is 0 Å². The second-order valence-corrected chi connectivity index (χ2v) is 3.53. The van der Waals surface area contributed by atoms with E-state index in [0.29, 0.717) is 6.54 Å². The molecule has 0 aromatic heterocycles. The highest BCUT2D eigenvalue weighted by atomic mass is 16.5. The van der Waals surface area contributed by atoms with Crippen LogP contribution < -0.4 is 5.32 Å². The third-order valence-electron chi connectivity index (χ3n) is 2.01. The Bertz CT molecular complexity index is 201. The van der Waals surface area contributed by atoms with Gasteiger partial charge in [0, 0.05) is 13.2 Å². The monoisotopic (exact) mass is 183 g/mol. The Morgan fingerprint density at radius 2 is 2.38 bits per heavy atom. The summed E-state index contributed by atoms with van der Waals surface area (Å²) in [6.45, 7) is 5.36. The highest BCUT2D eigenvalue weighted by Crippen LogP contribution is 2.11. The minimum absolute atomic E-state index is 0.0231.